The van der Waals surface area contributed by atoms with Gasteiger partial charge in [0.2, 0.25) is 11.8 Å². The zero-order valence-corrected chi connectivity index (χ0v) is 17.5. The predicted molar refractivity (Wildman–Crippen MR) is 110 cm³/mol. The van der Waals surface area contributed by atoms with Crippen LogP contribution in [-0.4, -0.2) is 32.0 Å². The quantitative estimate of drug-likeness (QED) is 0.580. The molecule has 0 saturated heterocycles. The van der Waals surface area contributed by atoms with Crippen LogP contribution >= 0.6 is 0 Å². The largest absolute Gasteiger partial charge is 0.574 e. The first-order valence-electron chi connectivity index (χ1n) is 10.4. The van der Waals surface area contributed by atoms with Crippen LogP contribution in [0.15, 0.2) is 36.7 Å². The standard InChI is InChI=1S/C15H16FN3.C7H5F3N2O2/c16-13-9-17-14(10-4-5-10)8-12(13)15-7-11-3-1-2-6-19(11)18-15;8-7(9,10)14-5-3-4(6(11)13)1-2-12-5/h7-10H,1-6H2;1-3H,(H2,11,13). The number of hydrogen-bond donors (Lipinski definition) is 1. The highest BCUT2D eigenvalue weighted by Gasteiger charge is 2.32. The lowest BCUT2D eigenvalue weighted by molar-refractivity contribution is -0.276. The van der Waals surface area contributed by atoms with Gasteiger partial charge in [-0.3, -0.25) is 14.5 Å². The second-order valence-electron chi connectivity index (χ2n) is 7.86. The van der Waals surface area contributed by atoms with E-state index in [1.807, 2.05) is 16.8 Å². The first kappa shape index (κ1) is 22.7. The van der Waals surface area contributed by atoms with Crippen LogP contribution in [0.2, 0.25) is 0 Å². The molecule has 11 heteroatoms. The molecule has 2 aliphatic rings. The summed E-state index contributed by atoms with van der Waals surface area (Å²) in [6.07, 6.45) is 3.30. The number of nitrogens with two attached hydrogens (primary N) is 1. The van der Waals surface area contributed by atoms with Gasteiger partial charge in [0.25, 0.3) is 0 Å². The fourth-order valence-electron chi connectivity index (χ4n) is 3.54. The Morgan fingerprint density at radius 3 is 2.61 bits per heavy atom. The monoisotopic (exact) mass is 463 g/mol. The Bertz CT molecular complexity index is 1130. The maximum absolute atomic E-state index is 14.0. The van der Waals surface area contributed by atoms with Crippen molar-refractivity contribution in [3.05, 3.63) is 59.4 Å². The highest BCUT2D eigenvalue weighted by molar-refractivity contribution is 5.92. The first-order valence-corrected chi connectivity index (χ1v) is 10.4. The Balaban J connectivity index is 0.000000166. The summed E-state index contributed by atoms with van der Waals surface area (Å²) >= 11 is 0. The molecule has 1 aliphatic heterocycles. The zero-order valence-electron chi connectivity index (χ0n) is 17.5. The average Bonchev–Trinajstić information content (AvgIpc) is 3.52. The number of aromatic nitrogens is 4. The second kappa shape index (κ2) is 9.16. The van der Waals surface area contributed by atoms with Gasteiger partial charge in [-0.2, -0.15) is 5.10 Å². The molecular weight excluding hydrogens is 442 g/mol. The van der Waals surface area contributed by atoms with Crippen LogP contribution in [0.25, 0.3) is 11.3 Å². The molecule has 0 unspecified atom stereocenters. The van der Waals surface area contributed by atoms with Crippen molar-refractivity contribution in [2.75, 3.05) is 0 Å². The van der Waals surface area contributed by atoms with E-state index in [4.69, 9.17) is 5.73 Å². The summed E-state index contributed by atoms with van der Waals surface area (Å²) in [5.74, 6) is -1.29. The van der Waals surface area contributed by atoms with Gasteiger partial charge in [-0.15, -0.1) is 13.2 Å². The molecule has 3 aromatic rings. The van der Waals surface area contributed by atoms with E-state index in [-0.39, 0.29) is 11.4 Å². The lowest BCUT2D eigenvalue weighted by atomic mass is 10.1. The molecule has 1 fully saturated rings. The summed E-state index contributed by atoms with van der Waals surface area (Å²) in [4.78, 5) is 18.0. The van der Waals surface area contributed by atoms with E-state index >= 15 is 0 Å². The van der Waals surface area contributed by atoms with Crippen LogP contribution in [0, 0.1) is 5.82 Å². The van der Waals surface area contributed by atoms with Crippen molar-refractivity contribution >= 4 is 5.91 Å². The number of hydrogen-bond acceptors (Lipinski definition) is 5. The number of nitrogens with zero attached hydrogens (tertiary/aromatic N) is 4. The second-order valence-corrected chi connectivity index (χ2v) is 7.86. The third kappa shape index (κ3) is 5.85. The summed E-state index contributed by atoms with van der Waals surface area (Å²) in [6.45, 7) is 0.956. The summed E-state index contributed by atoms with van der Waals surface area (Å²) < 4.78 is 54.6. The summed E-state index contributed by atoms with van der Waals surface area (Å²) in [6, 6.07) is 5.93. The molecule has 1 saturated carbocycles. The molecule has 0 aromatic carbocycles. The maximum Gasteiger partial charge on any atom is 0.574 e. The van der Waals surface area contributed by atoms with Crippen LogP contribution in [0.5, 0.6) is 5.88 Å². The van der Waals surface area contributed by atoms with Crippen molar-refractivity contribution in [3.63, 3.8) is 0 Å². The Hall–Kier alpha value is -3.50. The van der Waals surface area contributed by atoms with E-state index in [9.17, 15) is 22.4 Å². The lowest BCUT2D eigenvalue weighted by Gasteiger charge is -2.11. The van der Waals surface area contributed by atoms with Gasteiger partial charge in [-0.1, -0.05) is 0 Å². The van der Waals surface area contributed by atoms with Gasteiger partial charge in [0.15, 0.2) is 5.82 Å². The van der Waals surface area contributed by atoms with E-state index in [1.165, 1.54) is 43.6 Å². The molecule has 1 aliphatic carbocycles. The van der Waals surface area contributed by atoms with Gasteiger partial charge in [0.1, 0.15) is 0 Å². The minimum Gasteiger partial charge on any atom is -0.388 e. The van der Waals surface area contributed by atoms with Crippen molar-refractivity contribution in [2.45, 2.75) is 50.9 Å². The average molecular weight is 463 g/mol. The maximum atomic E-state index is 14.0. The van der Waals surface area contributed by atoms with Gasteiger partial charge < -0.3 is 10.5 Å². The number of amides is 1. The number of rotatable bonds is 4. The normalized spacial score (nSPS) is 15.3. The van der Waals surface area contributed by atoms with Crippen molar-refractivity contribution in [1.29, 1.82) is 0 Å². The number of aryl methyl sites for hydroxylation is 2. The minimum absolute atomic E-state index is 0.0979. The van der Waals surface area contributed by atoms with Gasteiger partial charge >= 0.3 is 6.36 Å². The first-order chi connectivity index (χ1) is 15.7. The number of ether oxygens (including phenoxy) is 1. The Morgan fingerprint density at radius 2 is 1.94 bits per heavy atom. The molecule has 1 amide bonds. The van der Waals surface area contributed by atoms with Crippen molar-refractivity contribution in [3.8, 4) is 17.1 Å². The number of pyridine rings is 2. The zero-order chi connectivity index (χ0) is 23.6. The highest BCUT2D eigenvalue weighted by atomic mass is 19.4. The fourth-order valence-corrected chi connectivity index (χ4v) is 3.54. The van der Waals surface area contributed by atoms with Crippen LogP contribution in [-0.2, 0) is 13.0 Å². The molecule has 7 nitrogen and oxygen atoms in total. The molecule has 0 spiro atoms. The molecular formula is C22H21F4N5O2. The van der Waals surface area contributed by atoms with E-state index in [1.54, 1.807) is 0 Å². The van der Waals surface area contributed by atoms with Crippen molar-refractivity contribution < 1.29 is 27.1 Å². The van der Waals surface area contributed by atoms with Crippen LogP contribution in [0.3, 0.4) is 0 Å². The molecule has 174 valence electrons. The van der Waals surface area contributed by atoms with Crippen molar-refractivity contribution in [2.24, 2.45) is 5.73 Å². The number of fused-ring (bicyclic) bond motifs is 1. The summed E-state index contributed by atoms with van der Waals surface area (Å²) in [5.41, 5.74) is 8.36. The van der Waals surface area contributed by atoms with E-state index in [2.05, 4.69) is 19.8 Å². The van der Waals surface area contributed by atoms with E-state index < -0.39 is 18.1 Å². The molecule has 0 bridgehead atoms. The van der Waals surface area contributed by atoms with Gasteiger partial charge in [0, 0.05) is 47.2 Å². The third-order valence-electron chi connectivity index (χ3n) is 5.30. The van der Waals surface area contributed by atoms with E-state index in [0.717, 1.165) is 36.6 Å². The fraction of sp³-hybridized carbons (Fsp3) is 0.364. The lowest BCUT2D eigenvalue weighted by Crippen LogP contribution is -2.18. The van der Waals surface area contributed by atoms with Crippen LogP contribution in [0.4, 0.5) is 17.6 Å². The predicted octanol–water partition coefficient (Wildman–Crippen LogP) is 4.38. The summed E-state index contributed by atoms with van der Waals surface area (Å²) in [5, 5.41) is 4.55. The Kier molecular flexibility index (Phi) is 6.30. The number of alkyl halides is 3. The molecule has 0 radical (unpaired) electrons. The molecule has 2 N–H and O–H groups in total. The molecule has 3 aromatic heterocycles. The van der Waals surface area contributed by atoms with Gasteiger partial charge in [-0.25, -0.2) is 9.37 Å². The highest BCUT2D eigenvalue weighted by Crippen LogP contribution is 2.40. The number of carbonyl (C=O) groups is 1. The van der Waals surface area contributed by atoms with Gasteiger partial charge in [-0.05, 0) is 50.3 Å². The molecule has 4 heterocycles. The minimum atomic E-state index is -4.83. The van der Waals surface area contributed by atoms with Crippen LogP contribution < -0.4 is 10.5 Å². The molecule has 33 heavy (non-hydrogen) atoms. The summed E-state index contributed by atoms with van der Waals surface area (Å²) in [7, 11) is 0. The molecule has 5 rings (SSSR count). The Morgan fingerprint density at radius 1 is 1.15 bits per heavy atom. The molecule has 0 atom stereocenters. The van der Waals surface area contributed by atoms with Crippen LogP contribution in [0.1, 0.15) is 53.3 Å². The number of primary amides is 1. The number of carbonyl (C=O) groups excluding carboxylic acids is 1. The third-order valence-corrected chi connectivity index (χ3v) is 5.30. The topological polar surface area (TPSA) is 95.9 Å². The Labute approximate surface area is 186 Å². The SMILES string of the molecule is Fc1cnc(C2CC2)cc1-c1cc2n(n1)CCCC2.NC(=O)c1ccnc(OC(F)(F)F)c1. The van der Waals surface area contributed by atoms with Crippen molar-refractivity contribution in [1.82, 2.24) is 19.7 Å². The number of halogens is 4. The van der Waals surface area contributed by atoms with E-state index in [0.29, 0.717) is 11.5 Å². The van der Waals surface area contributed by atoms with Gasteiger partial charge in [0.05, 0.1) is 11.9 Å². The smallest absolute Gasteiger partial charge is 0.388 e.